The molecule has 0 aliphatic rings. The zero-order valence-electron chi connectivity index (χ0n) is 5.68. The van der Waals surface area contributed by atoms with Crippen molar-refractivity contribution in [2.24, 2.45) is 5.73 Å². The Bertz CT molecular complexity index is 77.4. The van der Waals surface area contributed by atoms with E-state index in [0.29, 0.717) is 0 Å². The molecule has 0 spiro atoms. The monoisotopic (exact) mass is 257 g/mol. The summed E-state index contributed by atoms with van der Waals surface area (Å²) in [6.07, 6.45) is 1.06. The van der Waals surface area contributed by atoms with Crippen molar-refractivity contribution in [3.05, 3.63) is 12.7 Å². The minimum absolute atomic E-state index is 0. The molecule has 1 amide bonds. The van der Waals surface area contributed by atoms with Gasteiger partial charge in [0.25, 0.3) is 0 Å². The van der Waals surface area contributed by atoms with Crippen molar-refractivity contribution in [2.75, 3.05) is 0 Å². The molecule has 0 heterocycles. The second-order valence-electron chi connectivity index (χ2n) is 1.11. The SMILES string of the molecule is C=CC(N)=O.Cl.[CH3][Sn][CH3]. The standard InChI is InChI=1S/C3H5NO.2CH3.ClH.Sn/c1-2-3(4)5;;;;/h2H,1H2,(H2,4,5);2*1H3;1H;. The fourth-order valence-electron chi connectivity index (χ4n) is 0. The van der Waals surface area contributed by atoms with E-state index in [1.807, 2.05) is 0 Å². The Kier molecular flexibility index (Phi) is 28.2. The molecular weight excluding hydrogens is 244 g/mol. The predicted octanol–water partition coefficient (Wildman–Crippen LogP) is 0.866. The van der Waals surface area contributed by atoms with Crippen molar-refractivity contribution >= 4 is 39.5 Å². The van der Waals surface area contributed by atoms with Gasteiger partial charge in [0.2, 0.25) is 5.91 Å². The van der Waals surface area contributed by atoms with Crippen LogP contribution in [0.3, 0.4) is 0 Å². The van der Waals surface area contributed by atoms with Gasteiger partial charge in [-0.05, 0) is 6.08 Å². The summed E-state index contributed by atoms with van der Waals surface area (Å²) in [7, 11) is 0. The van der Waals surface area contributed by atoms with Crippen LogP contribution in [0.2, 0.25) is 9.88 Å². The van der Waals surface area contributed by atoms with Crippen molar-refractivity contribution in [1.29, 1.82) is 0 Å². The molecule has 0 atom stereocenters. The van der Waals surface area contributed by atoms with E-state index < -0.39 is 5.91 Å². The van der Waals surface area contributed by atoms with Crippen molar-refractivity contribution < 1.29 is 4.79 Å². The summed E-state index contributed by atoms with van der Waals surface area (Å²) in [5.41, 5.74) is 4.53. The van der Waals surface area contributed by atoms with E-state index in [1.165, 1.54) is 0 Å². The summed E-state index contributed by atoms with van der Waals surface area (Å²) in [6, 6.07) is 0. The van der Waals surface area contributed by atoms with E-state index >= 15 is 0 Å². The molecular formula is C5H12ClNOSn. The van der Waals surface area contributed by atoms with E-state index in [9.17, 15) is 4.79 Å². The van der Waals surface area contributed by atoms with E-state index in [4.69, 9.17) is 0 Å². The summed E-state index contributed by atoms with van der Waals surface area (Å²) >= 11 is 0.230. The summed E-state index contributed by atoms with van der Waals surface area (Å²) in [6.45, 7) is 3.09. The molecule has 0 saturated heterocycles. The third-order valence-electron chi connectivity index (χ3n) is 0.201. The fourth-order valence-corrected chi connectivity index (χ4v) is 0. The zero-order valence-corrected chi connectivity index (χ0v) is 9.35. The van der Waals surface area contributed by atoms with Gasteiger partial charge < -0.3 is 5.73 Å². The van der Waals surface area contributed by atoms with E-state index in [-0.39, 0.29) is 33.5 Å². The molecule has 9 heavy (non-hydrogen) atoms. The molecule has 0 aliphatic heterocycles. The van der Waals surface area contributed by atoms with Gasteiger partial charge in [-0.2, -0.15) is 0 Å². The van der Waals surface area contributed by atoms with Crippen LogP contribution in [0.1, 0.15) is 0 Å². The Hall–Kier alpha value is 0.299. The maximum atomic E-state index is 9.47. The Morgan fingerprint density at radius 1 is 1.67 bits per heavy atom. The van der Waals surface area contributed by atoms with Crippen LogP contribution in [0.15, 0.2) is 12.7 Å². The Balaban J connectivity index is -0.0000000800. The molecule has 54 valence electrons. The molecule has 0 fully saturated rings. The first-order valence-electron chi connectivity index (χ1n) is 2.19. The third kappa shape index (κ3) is 62.3. The molecule has 0 aliphatic carbocycles. The number of amides is 1. The number of carbonyl (C=O) groups excluding carboxylic acids is 1. The van der Waals surface area contributed by atoms with Gasteiger partial charge in [-0.15, -0.1) is 12.4 Å². The first-order valence-corrected chi connectivity index (χ1v) is 7.90. The Morgan fingerprint density at radius 3 is 1.78 bits per heavy atom. The summed E-state index contributed by atoms with van der Waals surface area (Å²) in [5, 5.41) is 0. The Labute approximate surface area is 72.5 Å². The van der Waals surface area contributed by atoms with Crippen LogP contribution in [-0.4, -0.2) is 27.0 Å². The average Bonchev–Trinajstić information content (AvgIpc) is 1.69. The number of hydrogen-bond acceptors (Lipinski definition) is 1. The number of nitrogens with two attached hydrogens (primary N) is 1. The Morgan fingerprint density at radius 2 is 1.78 bits per heavy atom. The molecule has 0 bridgehead atoms. The molecule has 2 radical (unpaired) electrons. The quantitative estimate of drug-likeness (QED) is 0.549. The topological polar surface area (TPSA) is 43.1 Å². The van der Waals surface area contributed by atoms with Gasteiger partial charge in [0, 0.05) is 0 Å². The first-order chi connectivity index (χ1) is 3.68. The number of rotatable bonds is 1. The second kappa shape index (κ2) is 15.7. The van der Waals surface area contributed by atoms with Crippen LogP contribution in [-0.2, 0) is 4.79 Å². The van der Waals surface area contributed by atoms with Crippen molar-refractivity contribution in [1.82, 2.24) is 0 Å². The van der Waals surface area contributed by atoms with Gasteiger partial charge in [0.05, 0.1) is 0 Å². The maximum absolute atomic E-state index is 9.47. The van der Waals surface area contributed by atoms with Crippen LogP contribution >= 0.6 is 12.4 Å². The third-order valence-corrected chi connectivity index (χ3v) is 0.201. The molecule has 0 rings (SSSR count). The van der Waals surface area contributed by atoms with Crippen LogP contribution < -0.4 is 5.73 Å². The van der Waals surface area contributed by atoms with Gasteiger partial charge in [0.15, 0.2) is 0 Å². The molecule has 4 heteroatoms. The van der Waals surface area contributed by atoms with Gasteiger partial charge in [-0.25, -0.2) is 0 Å². The molecule has 0 saturated carbocycles. The number of primary amides is 1. The van der Waals surface area contributed by atoms with Gasteiger partial charge in [-0.3, -0.25) is 4.79 Å². The molecule has 0 unspecified atom stereocenters. The van der Waals surface area contributed by atoms with Gasteiger partial charge in [0.1, 0.15) is 0 Å². The van der Waals surface area contributed by atoms with Crippen LogP contribution in [0, 0.1) is 0 Å². The molecule has 0 aromatic heterocycles. The van der Waals surface area contributed by atoms with Crippen molar-refractivity contribution in [2.45, 2.75) is 9.88 Å². The summed E-state index contributed by atoms with van der Waals surface area (Å²) < 4.78 is 0. The van der Waals surface area contributed by atoms with E-state index in [2.05, 4.69) is 22.2 Å². The van der Waals surface area contributed by atoms with Crippen LogP contribution in [0.25, 0.3) is 0 Å². The summed E-state index contributed by atoms with van der Waals surface area (Å²) in [4.78, 5) is 14.1. The average molecular weight is 256 g/mol. The number of carbonyl (C=O) groups is 1. The minimum atomic E-state index is -0.481. The van der Waals surface area contributed by atoms with Crippen molar-refractivity contribution in [3.8, 4) is 0 Å². The van der Waals surface area contributed by atoms with Crippen LogP contribution in [0.5, 0.6) is 0 Å². The molecule has 0 aromatic rings. The zero-order chi connectivity index (χ0) is 6.99. The fraction of sp³-hybridized carbons (Fsp3) is 0.400. The number of hydrogen-bond donors (Lipinski definition) is 1. The predicted molar refractivity (Wildman–Crippen MR) is 44.1 cm³/mol. The van der Waals surface area contributed by atoms with Gasteiger partial charge in [-0.1, -0.05) is 6.58 Å². The van der Waals surface area contributed by atoms with Gasteiger partial charge >= 0.3 is 31.0 Å². The summed E-state index contributed by atoms with van der Waals surface area (Å²) in [5.74, 6) is -0.481. The molecule has 2 nitrogen and oxygen atoms in total. The first kappa shape index (κ1) is 16.1. The second-order valence-corrected chi connectivity index (χ2v) is 3.96. The molecule has 0 aromatic carbocycles. The normalized spacial score (nSPS) is 5.56. The van der Waals surface area contributed by atoms with E-state index in [0.717, 1.165) is 6.08 Å². The molecule has 2 N–H and O–H groups in total. The van der Waals surface area contributed by atoms with E-state index in [1.54, 1.807) is 0 Å². The van der Waals surface area contributed by atoms with Crippen molar-refractivity contribution in [3.63, 3.8) is 0 Å². The van der Waals surface area contributed by atoms with Crippen LogP contribution in [0.4, 0.5) is 0 Å². The number of halogens is 1.